The number of primary amides is 1. The van der Waals surface area contributed by atoms with Crippen LogP contribution in [0.25, 0.3) is 11.5 Å². The van der Waals surface area contributed by atoms with E-state index in [0.717, 1.165) is 11.8 Å². The zero-order valence-electron chi connectivity index (χ0n) is 19.3. The summed E-state index contributed by atoms with van der Waals surface area (Å²) < 4.78 is 54.9. The average molecular weight is 553 g/mol. The fourth-order valence-electron chi connectivity index (χ4n) is 2.62. The second-order valence-corrected chi connectivity index (χ2v) is 8.39. The van der Waals surface area contributed by atoms with Gasteiger partial charge in [0.15, 0.2) is 0 Å². The zero-order chi connectivity index (χ0) is 27.5. The summed E-state index contributed by atoms with van der Waals surface area (Å²) in [4.78, 5) is 29.7. The largest absolute Gasteiger partial charge is 0.431 e. The van der Waals surface area contributed by atoms with Crippen LogP contribution in [-0.4, -0.2) is 52.3 Å². The molecular formula is C22H25ClF4N4O4S. The number of hydrogen-bond acceptors (Lipinski definition) is 7. The van der Waals surface area contributed by atoms with Crippen LogP contribution < -0.4 is 11.1 Å². The molecule has 0 bridgehead atoms. The van der Waals surface area contributed by atoms with Crippen molar-refractivity contribution >= 4 is 40.2 Å². The van der Waals surface area contributed by atoms with E-state index in [2.05, 4.69) is 21.9 Å². The number of aliphatic imine (C=N–C) groups is 1. The minimum atomic E-state index is -4.34. The molecule has 0 radical (unpaired) electrons. The molecule has 2 aromatic rings. The number of amides is 2. The van der Waals surface area contributed by atoms with Crippen LogP contribution in [0.1, 0.15) is 36.7 Å². The van der Waals surface area contributed by atoms with E-state index in [0.29, 0.717) is 0 Å². The number of halogens is 5. The molecule has 2 rings (SSSR count). The van der Waals surface area contributed by atoms with E-state index >= 15 is 0 Å². The standard InChI is InChI=1S/C12H19F3N2O2S.C10H6ClFN2O2/c1-4-9(18)17-8(6-7-12(13,14)15)10(19)11(16-3)20-5-2;11-7-2-1-5(12)3-6(7)10-14-4-8(16-10)9(13)15/h5,8,10,19H,2,4,6-7H2,1,3H3,(H,17,18);1-4H,(H2,13,15). The maximum Gasteiger partial charge on any atom is 0.389 e. The van der Waals surface area contributed by atoms with Crippen LogP contribution in [0.3, 0.4) is 0 Å². The fourth-order valence-corrected chi connectivity index (χ4v) is 3.40. The number of hydrogen-bond donors (Lipinski definition) is 3. The lowest BCUT2D eigenvalue weighted by atomic mass is 10.1. The molecule has 2 unspecified atom stereocenters. The lowest BCUT2D eigenvalue weighted by Crippen LogP contribution is -2.46. The van der Waals surface area contributed by atoms with Gasteiger partial charge in [0, 0.05) is 19.9 Å². The molecule has 1 heterocycles. The van der Waals surface area contributed by atoms with Crippen molar-refractivity contribution in [1.29, 1.82) is 0 Å². The van der Waals surface area contributed by atoms with E-state index in [-0.39, 0.29) is 33.7 Å². The van der Waals surface area contributed by atoms with Crippen molar-refractivity contribution in [2.24, 2.45) is 10.7 Å². The van der Waals surface area contributed by atoms with Gasteiger partial charge in [-0.05, 0) is 30.0 Å². The second-order valence-electron chi connectivity index (χ2n) is 6.99. The number of alkyl halides is 3. The van der Waals surface area contributed by atoms with Crippen molar-refractivity contribution in [3.05, 3.63) is 53.0 Å². The van der Waals surface area contributed by atoms with Gasteiger partial charge < -0.3 is 20.6 Å². The molecular weight excluding hydrogens is 528 g/mol. The van der Waals surface area contributed by atoms with Crippen LogP contribution in [0.4, 0.5) is 17.6 Å². The Bertz CT molecular complexity index is 1080. The topological polar surface area (TPSA) is 131 Å². The van der Waals surface area contributed by atoms with E-state index in [9.17, 15) is 32.3 Å². The molecule has 0 spiro atoms. The first-order valence-electron chi connectivity index (χ1n) is 10.3. The lowest BCUT2D eigenvalue weighted by molar-refractivity contribution is -0.139. The molecule has 36 heavy (non-hydrogen) atoms. The number of rotatable bonds is 9. The van der Waals surface area contributed by atoms with Crippen LogP contribution >= 0.6 is 23.4 Å². The van der Waals surface area contributed by atoms with Gasteiger partial charge >= 0.3 is 6.18 Å². The van der Waals surface area contributed by atoms with Gasteiger partial charge in [0.2, 0.25) is 17.6 Å². The van der Waals surface area contributed by atoms with E-state index in [4.69, 9.17) is 21.8 Å². The highest BCUT2D eigenvalue weighted by molar-refractivity contribution is 8.16. The van der Waals surface area contributed by atoms with Crippen molar-refractivity contribution in [2.45, 2.75) is 44.5 Å². The molecule has 2 amide bonds. The van der Waals surface area contributed by atoms with Crippen LogP contribution in [0.2, 0.25) is 5.02 Å². The summed E-state index contributed by atoms with van der Waals surface area (Å²) in [5.74, 6) is -1.69. The first kappa shape index (κ1) is 31.1. The Morgan fingerprint density at radius 3 is 2.58 bits per heavy atom. The van der Waals surface area contributed by atoms with Gasteiger partial charge in [-0.2, -0.15) is 13.2 Å². The number of aliphatic hydroxyl groups excluding tert-OH is 1. The number of oxazole rings is 1. The minimum Gasteiger partial charge on any atom is -0.431 e. The van der Waals surface area contributed by atoms with Crippen molar-refractivity contribution < 1.29 is 36.7 Å². The van der Waals surface area contributed by atoms with Crippen LogP contribution in [0, 0.1) is 5.82 Å². The molecule has 0 saturated heterocycles. The quantitative estimate of drug-likeness (QED) is 0.234. The third-order valence-electron chi connectivity index (χ3n) is 4.37. The molecule has 14 heteroatoms. The van der Waals surface area contributed by atoms with Gasteiger partial charge in [-0.3, -0.25) is 14.6 Å². The Balaban J connectivity index is 0.000000367. The van der Waals surface area contributed by atoms with Crippen LogP contribution in [0.5, 0.6) is 0 Å². The highest BCUT2D eigenvalue weighted by atomic mass is 35.5. The molecule has 1 aromatic carbocycles. The van der Waals surface area contributed by atoms with Crippen molar-refractivity contribution in [3.63, 3.8) is 0 Å². The molecule has 8 nitrogen and oxygen atoms in total. The normalized spacial score (nSPS) is 13.3. The number of nitrogens with two attached hydrogens (primary N) is 1. The summed E-state index contributed by atoms with van der Waals surface area (Å²) in [5, 5.41) is 14.4. The second kappa shape index (κ2) is 14.6. The van der Waals surface area contributed by atoms with Gasteiger partial charge in [-0.1, -0.05) is 36.9 Å². The lowest BCUT2D eigenvalue weighted by Gasteiger charge is -2.25. The molecule has 4 N–H and O–H groups in total. The maximum atomic E-state index is 13.0. The predicted octanol–water partition coefficient (Wildman–Crippen LogP) is 4.72. The molecule has 198 valence electrons. The Kier molecular flexibility index (Phi) is 12.6. The van der Waals surface area contributed by atoms with E-state index in [1.807, 2.05) is 0 Å². The molecule has 0 aliphatic carbocycles. The number of thioether (sulfide) groups is 1. The van der Waals surface area contributed by atoms with Gasteiger partial charge in [0.05, 0.1) is 22.8 Å². The Labute approximate surface area is 214 Å². The van der Waals surface area contributed by atoms with Gasteiger partial charge in [0.1, 0.15) is 17.0 Å². The number of aliphatic hydroxyl groups is 1. The van der Waals surface area contributed by atoms with Crippen molar-refractivity contribution in [1.82, 2.24) is 10.3 Å². The van der Waals surface area contributed by atoms with Crippen molar-refractivity contribution in [3.8, 4) is 11.5 Å². The number of nitrogens with zero attached hydrogens (tertiary/aromatic N) is 2. The van der Waals surface area contributed by atoms with Crippen molar-refractivity contribution in [2.75, 3.05) is 7.05 Å². The van der Waals surface area contributed by atoms with Gasteiger partial charge in [-0.15, -0.1) is 0 Å². The monoisotopic (exact) mass is 552 g/mol. The van der Waals surface area contributed by atoms with E-state index in [1.54, 1.807) is 6.92 Å². The molecule has 1 aromatic heterocycles. The Morgan fingerprint density at radius 2 is 2.08 bits per heavy atom. The Morgan fingerprint density at radius 1 is 1.42 bits per heavy atom. The summed E-state index contributed by atoms with van der Waals surface area (Å²) in [6, 6.07) is 2.72. The summed E-state index contributed by atoms with van der Waals surface area (Å²) >= 11 is 6.85. The maximum absolute atomic E-state index is 13.0. The number of carbonyl (C=O) groups is 2. The smallest absolute Gasteiger partial charge is 0.389 e. The first-order chi connectivity index (χ1) is 16.8. The molecule has 0 fully saturated rings. The highest BCUT2D eigenvalue weighted by Crippen LogP contribution is 2.28. The third kappa shape index (κ3) is 10.4. The van der Waals surface area contributed by atoms with Crippen LogP contribution in [-0.2, 0) is 4.79 Å². The SMILES string of the molecule is C=CSC(=NC)C(O)C(CCC(F)(F)F)NC(=O)CC.NC(=O)c1cnc(-c2cc(F)ccc2Cl)o1. The number of aromatic nitrogens is 1. The average Bonchev–Trinajstić information content (AvgIpc) is 3.31. The van der Waals surface area contributed by atoms with Crippen LogP contribution in [0.15, 0.2) is 45.8 Å². The van der Waals surface area contributed by atoms with Gasteiger partial charge in [0.25, 0.3) is 5.91 Å². The fraction of sp³-hybridized carbons (Fsp3) is 0.364. The molecule has 0 aliphatic heterocycles. The third-order valence-corrected chi connectivity index (χ3v) is 5.53. The Hall–Kier alpha value is -2.90. The first-order valence-corrected chi connectivity index (χ1v) is 11.6. The molecule has 0 aliphatic rings. The number of carbonyl (C=O) groups excluding carboxylic acids is 2. The molecule has 2 atom stereocenters. The summed E-state index contributed by atoms with van der Waals surface area (Å²) in [7, 11) is 1.41. The van der Waals surface area contributed by atoms with E-state index < -0.39 is 48.8 Å². The predicted molar refractivity (Wildman–Crippen MR) is 130 cm³/mol. The van der Waals surface area contributed by atoms with E-state index in [1.165, 1.54) is 36.9 Å². The minimum absolute atomic E-state index is 0.0540. The summed E-state index contributed by atoms with van der Waals surface area (Å²) in [6.07, 6.45) is -5.84. The van der Waals surface area contributed by atoms with Gasteiger partial charge in [-0.25, -0.2) is 9.37 Å². The highest BCUT2D eigenvalue weighted by Gasteiger charge is 2.32. The number of benzene rings is 1. The summed E-state index contributed by atoms with van der Waals surface area (Å²) in [5.41, 5.74) is 5.27. The zero-order valence-corrected chi connectivity index (χ0v) is 20.9. The summed E-state index contributed by atoms with van der Waals surface area (Å²) in [6.45, 7) is 5.04. The molecule has 0 saturated carbocycles. The number of nitrogens with one attached hydrogen (secondary N) is 1.